The molecule has 1 heterocycles. The Kier molecular flexibility index (Phi) is 5.31. The number of rotatable bonds is 5. The molecule has 3 nitrogen and oxygen atoms in total. The van der Waals surface area contributed by atoms with E-state index in [0.29, 0.717) is 16.5 Å². The van der Waals surface area contributed by atoms with Crippen LogP contribution in [0.25, 0.3) is 0 Å². The number of nitrogens with one attached hydrogen (secondary N) is 1. The molecule has 1 saturated carbocycles. The summed E-state index contributed by atoms with van der Waals surface area (Å²) in [5, 5.41) is 0.561. The van der Waals surface area contributed by atoms with Crippen LogP contribution in [-0.4, -0.2) is 27.1 Å². The highest BCUT2D eigenvalue weighted by molar-refractivity contribution is 8.01. The largest absolute Gasteiger partial charge is 0.355 e. The van der Waals surface area contributed by atoms with Gasteiger partial charge in [-0.1, -0.05) is 19.3 Å². The van der Waals surface area contributed by atoms with Crippen molar-refractivity contribution in [3.8, 4) is 0 Å². The molecule has 0 aliphatic heterocycles. The van der Waals surface area contributed by atoms with Crippen molar-refractivity contribution in [3.63, 3.8) is 0 Å². The van der Waals surface area contributed by atoms with Crippen molar-refractivity contribution in [1.29, 1.82) is 0 Å². The zero-order chi connectivity index (χ0) is 15.6. The van der Waals surface area contributed by atoms with Crippen molar-refractivity contribution in [2.45, 2.75) is 70.3 Å². The fourth-order valence-electron chi connectivity index (χ4n) is 3.28. The number of H-pyrrole nitrogens is 1. The van der Waals surface area contributed by atoms with E-state index in [1.165, 1.54) is 32.1 Å². The minimum Gasteiger partial charge on any atom is -0.355 e. The summed E-state index contributed by atoms with van der Waals surface area (Å²) in [5.41, 5.74) is 2.90. The van der Waals surface area contributed by atoms with Crippen molar-refractivity contribution in [3.05, 3.63) is 22.5 Å². The maximum atomic E-state index is 12.7. The molecular formula is C17H25NO2S. The van der Waals surface area contributed by atoms with Crippen molar-refractivity contribution >= 4 is 23.3 Å². The van der Waals surface area contributed by atoms with Crippen LogP contribution in [0.1, 0.15) is 78.1 Å². The second kappa shape index (κ2) is 6.82. The molecule has 0 unspecified atom stereocenters. The number of ketones is 2. The summed E-state index contributed by atoms with van der Waals surface area (Å²) < 4.78 is 0. The van der Waals surface area contributed by atoms with Gasteiger partial charge in [-0.2, -0.15) is 0 Å². The summed E-state index contributed by atoms with van der Waals surface area (Å²) in [5.74, 6) is 0.145. The van der Waals surface area contributed by atoms with Gasteiger partial charge in [-0.15, -0.1) is 11.8 Å². The Bertz CT molecular complexity index is 541. The third kappa shape index (κ3) is 3.60. The molecule has 116 valence electrons. The minimum absolute atomic E-state index is 0.0212. The number of hydrogen-bond donors (Lipinski definition) is 1. The topological polar surface area (TPSA) is 49.9 Å². The second-order valence-electron chi connectivity index (χ2n) is 6.08. The third-order valence-electron chi connectivity index (χ3n) is 4.35. The van der Waals surface area contributed by atoms with Crippen LogP contribution >= 0.6 is 11.8 Å². The Morgan fingerprint density at radius 3 is 2.33 bits per heavy atom. The van der Waals surface area contributed by atoms with E-state index in [-0.39, 0.29) is 16.8 Å². The molecule has 1 N–H and O–H groups in total. The smallest absolute Gasteiger partial charge is 0.191 e. The Morgan fingerprint density at radius 2 is 1.81 bits per heavy atom. The van der Waals surface area contributed by atoms with Gasteiger partial charge in [-0.05, 0) is 46.1 Å². The first-order valence-electron chi connectivity index (χ1n) is 7.81. The second-order valence-corrected chi connectivity index (χ2v) is 7.73. The van der Waals surface area contributed by atoms with Crippen molar-refractivity contribution in [1.82, 2.24) is 4.98 Å². The number of aryl methyl sites for hydroxylation is 1. The molecule has 0 saturated heterocycles. The van der Waals surface area contributed by atoms with E-state index in [9.17, 15) is 9.59 Å². The van der Waals surface area contributed by atoms with E-state index in [1.807, 2.05) is 20.8 Å². The van der Waals surface area contributed by atoms with Gasteiger partial charge in [-0.3, -0.25) is 9.59 Å². The van der Waals surface area contributed by atoms with Crippen molar-refractivity contribution in [2.75, 3.05) is 0 Å². The molecule has 0 spiro atoms. The number of hydrogen-bond acceptors (Lipinski definition) is 3. The van der Waals surface area contributed by atoms with Gasteiger partial charge in [0.05, 0.1) is 10.9 Å². The first kappa shape index (κ1) is 16.3. The van der Waals surface area contributed by atoms with Crippen LogP contribution in [-0.2, 0) is 0 Å². The lowest BCUT2D eigenvalue weighted by atomic mass is 10.0. The summed E-state index contributed by atoms with van der Waals surface area (Å²) in [6.45, 7) is 7.27. The van der Waals surface area contributed by atoms with E-state index in [1.54, 1.807) is 18.7 Å². The van der Waals surface area contributed by atoms with Gasteiger partial charge in [0.1, 0.15) is 0 Å². The molecule has 1 aromatic rings. The van der Waals surface area contributed by atoms with Crippen molar-refractivity contribution < 1.29 is 9.59 Å². The average molecular weight is 307 g/mol. The number of thioether (sulfide) groups is 1. The number of Topliss-reactive ketones (excluding diaryl/α,β-unsaturated/α-hetero) is 2. The van der Waals surface area contributed by atoms with Crippen LogP contribution in [0.4, 0.5) is 0 Å². The van der Waals surface area contributed by atoms with E-state index in [4.69, 9.17) is 0 Å². The number of carbonyl (C=O) groups is 2. The first-order valence-corrected chi connectivity index (χ1v) is 8.75. The van der Waals surface area contributed by atoms with Crippen LogP contribution in [0.3, 0.4) is 0 Å². The molecule has 4 heteroatoms. The normalized spacial score (nSPS) is 17.7. The lowest BCUT2D eigenvalue weighted by molar-refractivity contribution is 0.0988. The van der Waals surface area contributed by atoms with E-state index in [0.717, 1.165) is 11.3 Å². The summed E-state index contributed by atoms with van der Waals surface area (Å²) >= 11 is 1.80. The SMILES string of the molecule is CC(=O)c1c(C)[nH]c(C(=O)[C@H](C)SC2CCCCC2)c1C. The summed E-state index contributed by atoms with van der Waals surface area (Å²) in [7, 11) is 0. The Hall–Kier alpha value is -1.03. The van der Waals surface area contributed by atoms with E-state index in [2.05, 4.69) is 4.98 Å². The molecule has 1 aliphatic rings. The Morgan fingerprint density at radius 1 is 1.19 bits per heavy atom. The zero-order valence-corrected chi connectivity index (χ0v) is 14.2. The average Bonchev–Trinajstić information content (AvgIpc) is 2.74. The number of aromatic amines is 1. The van der Waals surface area contributed by atoms with Gasteiger partial charge in [0.15, 0.2) is 11.6 Å². The molecule has 21 heavy (non-hydrogen) atoms. The predicted octanol–water partition coefficient (Wildman–Crippen LogP) is 4.47. The number of carbonyl (C=O) groups excluding carboxylic acids is 2. The number of aromatic nitrogens is 1. The molecule has 0 amide bonds. The van der Waals surface area contributed by atoms with Crippen LogP contribution in [0.2, 0.25) is 0 Å². The third-order valence-corrected chi connectivity index (χ3v) is 5.83. The fraction of sp³-hybridized carbons (Fsp3) is 0.647. The van der Waals surface area contributed by atoms with Crippen LogP contribution in [0, 0.1) is 13.8 Å². The van der Waals surface area contributed by atoms with E-state index < -0.39 is 0 Å². The Balaban J connectivity index is 2.12. The molecule has 1 fully saturated rings. The minimum atomic E-state index is -0.0512. The van der Waals surface area contributed by atoms with Gasteiger partial charge in [0, 0.05) is 16.5 Å². The monoisotopic (exact) mass is 307 g/mol. The Labute approximate surface area is 131 Å². The highest BCUT2D eigenvalue weighted by Crippen LogP contribution is 2.32. The molecule has 2 rings (SSSR count). The molecule has 0 radical (unpaired) electrons. The van der Waals surface area contributed by atoms with Crippen LogP contribution in [0.15, 0.2) is 0 Å². The molecule has 0 aromatic carbocycles. The molecule has 1 aromatic heterocycles. The summed E-state index contributed by atoms with van der Waals surface area (Å²) in [6, 6.07) is 0. The molecule has 1 aliphatic carbocycles. The zero-order valence-electron chi connectivity index (χ0n) is 13.4. The quantitative estimate of drug-likeness (QED) is 0.816. The highest BCUT2D eigenvalue weighted by Gasteiger charge is 2.26. The van der Waals surface area contributed by atoms with Gasteiger partial charge in [0.2, 0.25) is 0 Å². The maximum absolute atomic E-state index is 12.7. The molecule has 0 bridgehead atoms. The summed E-state index contributed by atoms with van der Waals surface area (Å²) in [6.07, 6.45) is 6.35. The predicted molar refractivity (Wildman–Crippen MR) is 88.5 cm³/mol. The van der Waals surface area contributed by atoms with Crippen LogP contribution < -0.4 is 0 Å². The van der Waals surface area contributed by atoms with Gasteiger partial charge in [0.25, 0.3) is 0 Å². The van der Waals surface area contributed by atoms with Gasteiger partial charge >= 0.3 is 0 Å². The van der Waals surface area contributed by atoms with E-state index >= 15 is 0 Å². The lowest BCUT2D eigenvalue weighted by Gasteiger charge is -2.23. The molecular weight excluding hydrogens is 282 g/mol. The lowest BCUT2D eigenvalue weighted by Crippen LogP contribution is -2.20. The van der Waals surface area contributed by atoms with Crippen molar-refractivity contribution in [2.24, 2.45) is 0 Å². The highest BCUT2D eigenvalue weighted by atomic mass is 32.2. The first-order chi connectivity index (χ1) is 9.91. The van der Waals surface area contributed by atoms with Gasteiger partial charge < -0.3 is 4.98 Å². The standard InChI is InChI=1S/C17H25NO2S/c1-10-15(12(3)19)11(2)18-16(10)17(20)13(4)21-14-8-6-5-7-9-14/h13-14,18H,5-9H2,1-4H3/t13-/m0/s1. The maximum Gasteiger partial charge on any atom is 0.191 e. The fourth-order valence-corrected chi connectivity index (χ4v) is 4.70. The van der Waals surface area contributed by atoms with Crippen LogP contribution in [0.5, 0.6) is 0 Å². The van der Waals surface area contributed by atoms with Gasteiger partial charge in [-0.25, -0.2) is 0 Å². The summed E-state index contributed by atoms with van der Waals surface area (Å²) in [4.78, 5) is 27.5. The molecule has 1 atom stereocenters.